The zero-order chi connectivity index (χ0) is 28.8. The van der Waals surface area contributed by atoms with E-state index in [4.69, 9.17) is 42.2 Å². The van der Waals surface area contributed by atoms with Gasteiger partial charge >= 0.3 is 0 Å². The first-order valence-electron chi connectivity index (χ1n) is 13.2. The van der Waals surface area contributed by atoms with Crippen LogP contribution in [0.3, 0.4) is 0 Å². The Balaban J connectivity index is 0.000000230. The molecule has 0 amide bonds. The Kier molecular flexibility index (Phi) is 11.5. The summed E-state index contributed by atoms with van der Waals surface area (Å²) in [4.78, 5) is 4.23. The van der Waals surface area contributed by atoms with E-state index >= 15 is 0 Å². The Morgan fingerprint density at radius 1 is 0.821 bits per heavy atom. The number of anilines is 2. The molecule has 2 saturated heterocycles. The second kappa shape index (κ2) is 13.9. The molecule has 6 nitrogen and oxygen atoms in total. The van der Waals surface area contributed by atoms with Gasteiger partial charge in [-0.15, -0.1) is 0 Å². The van der Waals surface area contributed by atoms with Gasteiger partial charge in [0, 0.05) is 48.7 Å². The Morgan fingerprint density at radius 2 is 1.23 bits per heavy atom. The molecule has 0 radical (unpaired) electrons. The van der Waals surface area contributed by atoms with Gasteiger partial charge in [-0.3, -0.25) is 0 Å². The fourth-order valence-corrected chi connectivity index (χ4v) is 5.38. The van der Waals surface area contributed by atoms with Gasteiger partial charge in [0.1, 0.15) is 11.6 Å². The van der Waals surface area contributed by atoms with Crippen molar-refractivity contribution in [3.05, 3.63) is 57.1 Å². The fraction of sp³-hybridized carbons (Fsp3) is 0.571. The van der Waals surface area contributed by atoms with Crippen molar-refractivity contribution in [2.45, 2.75) is 52.1 Å². The summed E-state index contributed by atoms with van der Waals surface area (Å²) in [5.41, 5.74) is 2.53. The number of aliphatic hydroxyl groups is 1. The lowest BCUT2D eigenvalue weighted by atomic mass is 10.1. The van der Waals surface area contributed by atoms with Crippen LogP contribution in [-0.4, -0.2) is 66.0 Å². The summed E-state index contributed by atoms with van der Waals surface area (Å²) in [5.74, 6) is -0.913. The van der Waals surface area contributed by atoms with E-state index in [1.54, 1.807) is 18.2 Å². The minimum atomic E-state index is -1.93. The van der Waals surface area contributed by atoms with Crippen molar-refractivity contribution in [3.8, 4) is 0 Å². The molecule has 2 fully saturated rings. The second-order valence-corrected chi connectivity index (χ2v) is 16.8. The monoisotopic (exact) mass is 604 g/mol. The molecular weight excluding hydrogens is 565 g/mol. The van der Waals surface area contributed by atoms with Crippen LogP contribution in [0.1, 0.15) is 31.9 Å². The van der Waals surface area contributed by atoms with Crippen LogP contribution in [0.5, 0.6) is 0 Å². The maximum absolute atomic E-state index is 14.4. The number of ether oxygens (including phenoxy) is 2. The maximum atomic E-state index is 14.4. The van der Waals surface area contributed by atoms with Crippen LogP contribution in [-0.2, 0) is 27.1 Å². The van der Waals surface area contributed by atoms with Crippen LogP contribution in [0.4, 0.5) is 20.2 Å². The Hall–Kier alpha value is -1.46. The Bertz CT molecular complexity index is 1110. The average Bonchev–Trinajstić information content (AvgIpc) is 2.91. The summed E-state index contributed by atoms with van der Waals surface area (Å²) >= 11 is 11.9. The number of benzene rings is 2. The molecule has 2 aromatic rings. The van der Waals surface area contributed by atoms with Gasteiger partial charge in [0.2, 0.25) is 0 Å². The van der Waals surface area contributed by atoms with Crippen LogP contribution in [0.2, 0.25) is 28.2 Å². The van der Waals surface area contributed by atoms with E-state index in [1.165, 1.54) is 0 Å². The van der Waals surface area contributed by atoms with E-state index in [0.717, 1.165) is 37.6 Å². The highest BCUT2D eigenvalue weighted by atomic mass is 35.5. The fourth-order valence-electron chi connectivity index (χ4n) is 3.96. The van der Waals surface area contributed by atoms with Crippen molar-refractivity contribution in [1.29, 1.82) is 0 Å². The number of halogens is 4. The number of hydrogen-bond donors (Lipinski definition) is 1. The zero-order valence-corrected chi connectivity index (χ0v) is 26.0. The highest BCUT2D eigenvalue weighted by Crippen LogP contribution is 2.38. The molecule has 0 unspecified atom stereocenters. The lowest BCUT2D eigenvalue weighted by Gasteiger charge is -2.36. The summed E-state index contributed by atoms with van der Waals surface area (Å²) in [5, 5.41) is 9.32. The van der Waals surface area contributed by atoms with Crippen LogP contribution in [0.15, 0.2) is 24.3 Å². The highest BCUT2D eigenvalue weighted by Gasteiger charge is 2.37. The van der Waals surface area contributed by atoms with Gasteiger partial charge in [-0.05, 0) is 42.4 Å². The summed E-state index contributed by atoms with van der Waals surface area (Å²) in [6.45, 7) is 16.6. The van der Waals surface area contributed by atoms with Crippen molar-refractivity contribution in [1.82, 2.24) is 0 Å². The van der Waals surface area contributed by atoms with E-state index in [-0.39, 0.29) is 39.7 Å². The molecule has 2 aliphatic heterocycles. The number of morpholine rings is 2. The van der Waals surface area contributed by atoms with E-state index in [9.17, 15) is 8.78 Å². The molecule has 0 aliphatic carbocycles. The van der Waals surface area contributed by atoms with Gasteiger partial charge in [0.15, 0.2) is 8.32 Å². The minimum Gasteiger partial charge on any atom is -0.412 e. The van der Waals surface area contributed by atoms with Crippen LogP contribution < -0.4 is 9.80 Å². The molecule has 2 aliphatic rings. The molecule has 2 aromatic carbocycles. The van der Waals surface area contributed by atoms with Crippen molar-refractivity contribution < 1.29 is 27.8 Å². The van der Waals surface area contributed by atoms with Crippen molar-refractivity contribution in [3.63, 3.8) is 0 Å². The van der Waals surface area contributed by atoms with E-state index in [2.05, 4.69) is 43.7 Å². The summed E-state index contributed by atoms with van der Waals surface area (Å²) < 4.78 is 44.6. The van der Waals surface area contributed by atoms with Crippen LogP contribution in [0.25, 0.3) is 0 Å². The van der Waals surface area contributed by atoms with Crippen LogP contribution >= 0.6 is 23.2 Å². The number of nitrogens with zero attached hydrogens (tertiary/aromatic N) is 2. The molecule has 4 rings (SSSR count). The van der Waals surface area contributed by atoms with Crippen molar-refractivity contribution in [2.75, 3.05) is 62.4 Å². The highest BCUT2D eigenvalue weighted by molar-refractivity contribution is 6.74. The number of hydrogen-bond acceptors (Lipinski definition) is 6. The largest absolute Gasteiger partial charge is 0.412 e. The summed E-state index contributed by atoms with van der Waals surface area (Å²) in [7, 11) is -1.93. The Labute approximate surface area is 241 Å². The topological polar surface area (TPSA) is 54.4 Å². The predicted octanol–water partition coefficient (Wildman–Crippen LogP) is 6.65. The zero-order valence-electron chi connectivity index (χ0n) is 23.5. The molecule has 0 bridgehead atoms. The molecule has 218 valence electrons. The van der Waals surface area contributed by atoms with Gasteiger partial charge in [-0.2, -0.15) is 0 Å². The lowest BCUT2D eigenvalue weighted by Crippen LogP contribution is -2.40. The normalized spacial score (nSPS) is 16.7. The van der Waals surface area contributed by atoms with Gasteiger partial charge in [0.25, 0.3) is 0 Å². The quantitative estimate of drug-likeness (QED) is 0.373. The SMILES string of the molecule is CC(C)(C)[Si](C)(C)OCc1cc(N2CCOCC2)cc(Cl)c1F.OCc1cc(N2CCOCC2)cc(Cl)c1F. The minimum absolute atomic E-state index is 0.0491. The third kappa shape index (κ3) is 8.52. The maximum Gasteiger partial charge on any atom is 0.192 e. The van der Waals surface area contributed by atoms with E-state index < -0.39 is 14.1 Å². The van der Waals surface area contributed by atoms with Crippen molar-refractivity contribution >= 4 is 42.9 Å². The van der Waals surface area contributed by atoms with Gasteiger partial charge in [0.05, 0.1) is 49.7 Å². The lowest BCUT2D eigenvalue weighted by molar-refractivity contribution is 0.122. The second-order valence-electron chi connectivity index (χ2n) is 11.2. The number of aliphatic hydroxyl groups excluding tert-OH is 1. The molecule has 0 spiro atoms. The predicted molar refractivity (Wildman–Crippen MR) is 157 cm³/mol. The molecule has 2 heterocycles. The standard InChI is InChI=1S/C17H27ClFNO2Si.C11H13ClFNO2/c1-17(2,3)23(4,5)22-12-13-10-14(11-15(18)16(13)19)20-6-8-21-9-7-20;12-10-6-9(5-8(7-15)11(10)13)14-1-3-16-4-2-14/h10-11H,6-9,12H2,1-5H3;5-6,15H,1-4,7H2. The first kappa shape index (κ1) is 32.1. The first-order chi connectivity index (χ1) is 18.3. The molecule has 1 N–H and O–H groups in total. The smallest absolute Gasteiger partial charge is 0.192 e. The third-order valence-electron chi connectivity index (χ3n) is 7.49. The molecule has 0 aromatic heterocycles. The molecular formula is C28H40Cl2F2N2O4Si. The van der Waals surface area contributed by atoms with Gasteiger partial charge in [-0.1, -0.05) is 44.0 Å². The Morgan fingerprint density at radius 3 is 1.64 bits per heavy atom. The van der Waals surface area contributed by atoms with Gasteiger partial charge in [-0.25, -0.2) is 8.78 Å². The molecule has 0 atom stereocenters. The van der Waals surface area contributed by atoms with E-state index in [1.807, 2.05) is 6.07 Å². The summed E-state index contributed by atoms with van der Waals surface area (Å²) in [6.07, 6.45) is 0. The molecule has 0 saturated carbocycles. The average molecular weight is 606 g/mol. The first-order valence-corrected chi connectivity index (χ1v) is 16.9. The molecule has 39 heavy (non-hydrogen) atoms. The number of rotatable bonds is 6. The van der Waals surface area contributed by atoms with E-state index in [0.29, 0.717) is 32.0 Å². The molecule has 11 heteroatoms. The van der Waals surface area contributed by atoms with Gasteiger partial charge < -0.3 is 28.8 Å². The van der Waals surface area contributed by atoms with Crippen molar-refractivity contribution in [2.24, 2.45) is 0 Å². The van der Waals surface area contributed by atoms with Crippen LogP contribution in [0, 0.1) is 11.6 Å². The summed E-state index contributed by atoms with van der Waals surface area (Å²) in [6, 6.07) is 6.77. The third-order valence-corrected chi connectivity index (χ3v) is 12.5.